The third kappa shape index (κ3) is 1.95. The van der Waals surface area contributed by atoms with Gasteiger partial charge in [0.25, 0.3) is 0 Å². The Balaban J connectivity index is 2.11. The highest BCUT2D eigenvalue weighted by atomic mass is 16.4. The molecule has 0 bridgehead atoms. The molecule has 0 saturated carbocycles. The topological polar surface area (TPSA) is 80.0 Å². The molecular weight excluding hydrogens is 256 g/mol. The Morgan fingerprint density at radius 3 is 2.85 bits per heavy atom. The zero-order chi connectivity index (χ0) is 14.3. The Morgan fingerprint density at radius 2 is 2.15 bits per heavy atom. The number of carbonyl (C=O) groups is 1. The molecule has 6 heteroatoms. The fraction of sp³-hybridized carbons (Fsp3) is 0.214. The van der Waals surface area contributed by atoms with Crippen LogP contribution in [0.1, 0.15) is 22.7 Å². The SMILES string of the molecule is Cc1ccc([C@@H]2C=C(C(=O)O)Nc3ncnn32)cc1C. The summed E-state index contributed by atoms with van der Waals surface area (Å²) >= 11 is 0. The predicted molar refractivity (Wildman–Crippen MR) is 73.4 cm³/mol. The maximum atomic E-state index is 11.2. The Kier molecular flexibility index (Phi) is 2.78. The summed E-state index contributed by atoms with van der Waals surface area (Å²) in [5, 5.41) is 16.1. The molecule has 0 spiro atoms. The average molecular weight is 270 g/mol. The van der Waals surface area contributed by atoms with Gasteiger partial charge in [0.15, 0.2) is 0 Å². The lowest BCUT2D eigenvalue weighted by atomic mass is 9.99. The number of hydrogen-bond donors (Lipinski definition) is 2. The molecule has 1 atom stereocenters. The zero-order valence-electron chi connectivity index (χ0n) is 11.2. The molecular formula is C14H14N4O2. The summed E-state index contributed by atoms with van der Waals surface area (Å²) in [7, 11) is 0. The maximum absolute atomic E-state index is 11.2. The minimum atomic E-state index is -1.01. The van der Waals surface area contributed by atoms with Crippen molar-refractivity contribution in [3.05, 3.63) is 53.0 Å². The lowest BCUT2D eigenvalue weighted by Gasteiger charge is -2.23. The van der Waals surface area contributed by atoms with Gasteiger partial charge in [-0.05, 0) is 36.6 Å². The highest BCUT2D eigenvalue weighted by molar-refractivity contribution is 5.90. The zero-order valence-corrected chi connectivity index (χ0v) is 11.2. The van der Waals surface area contributed by atoms with Gasteiger partial charge in [-0.1, -0.05) is 18.2 Å². The van der Waals surface area contributed by atoms with Crippen molar-refractivity contribution in [1.82, 2.24) is 14.8 Å². The first-order chi connectivity index (χ1) is 9.56. The van der Waals surface area contributed by atoms with Crippen LogP contribution in [0.2, 0.25) is 0 Å². The lowest BCUT2D eigenvalue weighted by molar-refractivity contribution is -0.132. The second-order valence-electron chi connectivity index (χ2n) is 4.83. The number of rotatable bonds is 2. The third-order valence-corrected chi connectivity index (χ3v) is 3.51. The molecule has 0 saturated heterocycles. The van der Waals surface area contributed by atoms with Crippen LogP contribution in [-0.4, -0.2) is 25.8 Å². The molecule has 2 aromatic rings. The third-order valence-electron chi connectivity index (χ3n) is 3.51. The van der Waals surface area contributed by atoms with E-state index in [0.717, 1.165) is 11.1 Å². The number of nitrogens with zero attached hydrogens (tertiary/aromatic N) is 3. The number of anilines is 1. The lowest BCUT2D eigenvalue weighted by Crippen LogP contribution is -2.24. The van der Waals surface area contributed by atoms with E-state index in [1.54, 1.807) is 10.8 Å². The van der Waals surface area contributed by atoms with Crippen LogP contribution in [-0.2, 0) is 4.79 Å². The number of fused-ring (bicyclic) bond motifs is 1. The fourth-order valence-electron chi connectivity index (χ4n) is 2.24. The first-order valence-electron chi connectivity index (χ1n) is 6.25. The number of aryl methyl sites for hydroxylation is 2. The molecule has 2 heterocycles. The van der Waals surface area contributed by atoms with Crippen LogP contribution in [0, 0.1) is 13.8 Å². The molecule has 1 aromatic carbocycles. The van der Waals surface area contributed by atoms with Crippen molar-refractivity contribution in [3.63, 3.8) is 0 Å². The van der Waals surface area contributed by atoms with Crippen LogP contribution in [0.15, 0.2) is 36.3 Å². The molecule has 2 N–H and O–H groups in total. The number of benzene rings is 1. The van der Waals surface area contributed by atoms with Crippen LogP contribution >= 0.6 is 0 Å². The van der Waals surface area contributed by atoms with E-state index in [4.69, 9.17) is 0 Å². The van der Waals surface area contributed by atoms with Gasteiger partial charge in [-0.25, -0.2) is 9.48 Å². The molecule has 102 valence electrons. The fourth-order valence-corrected chi connectivity index (χ4v) is 2.24. The Labute approximate surface area is 115 Å². The molecule has 0 fully saturated rings. The number of aliphatic carboxylic acids is 1. The van der Waals surface area contributed by atoms with Crippen molar-refractivity contribution in [2.45, 2.75) is 19.9 Å². The highest BCUT2D eigenvalue weighted by Gasteiger charge is 2.25. The summed E-state index contributed by atoms with van der Waals surface area (Å²) in [4.78, 5) is 15.2. The summed E-state index contributed by atoms with van der Waals surface area (Å²) in [5.74, 6) is -0.568. The quantitative estimate of drug-likeness (QED) is 0.871. The molecule has 0 aliphatic carbocycles. The van der Waals surface area contributed by atoms with Crippen LogP contribution in [0.4, 0.5) is 5.95 Å². The van der Waals surface area contributed by atoms with Gasteiger partial charge in [-0.15, -0.1) is 0 Å². The number of nitrogens with one attached hydrogen (secondary N) is 1. The number of carboxylic acid groups (broad SMARTS) is 1. The largest absolute Gasteiger partial charge is 0.477 e. The van der Waals surface area contributed by atoms with Gasteiger partial charge < -0.3 is 10.4 Å². The van der Waals surface area contributed by atoms with Crippen molar-refractivity contribution in [1.29, 1.82) is 0 Å². The molecule has 6 nitrogen and oxygen atoms in total. The van der Waals surface area contributed by atoms with Crippen molar-refractivity contribution in [2.24, 2.45) is 0 Å². The Bertz CT molecular complexity index is 718. The number of carboxylic acids is 1. The summed E-state index contributed by atoms with van der Waals surface area (Å²) in [6.45, 7) is 4.07. The summed E-state index contributed by atoms with van der Waals surface area (Å²) < 4.78 is 1.68. The number of hydrogen-bond acceptors (Lipinski definition) is 4. The van der Waals surface area contributed by atoms with Gasteiger partial charge in [0, 0.05) is 0 Å². The summed E-state index contributed by atoms with van der Waals surface area (Å²) in [5.41, 5.74) is 3.46. The molecule has 0 radical (unpaired) electrons. The van der Waals surface area contributed by atoms with E-state index in [-0.39, 0.29) is 11.7 Å². The van der Waals surface area contributed by atoms with E-state index in [9.17, 15) is 9.90 Å². The van der Waals surface area contributed by atoms with Gasteiger partial charge in [0.05, 0.1) is 0 Å². The Morgan fingerprint density at radius 1 is 1.35 bits per heavy atom. The number of allylic oxidation sites excluding steroid dienone is 1. The summed E-state index contributed by atoms with van der Waals surface area (Å²) in [6, 6.07) is 5.79. The molecule has 1 aliphatic rings. The molecule has 1 aliphatic heterocycles. The van der Waals surface area contributed by atoms with E-state index in [1.807, 2.05) is 32.0 Å². The van der Waals surface area contributed by atoms with E-state index in [0.29, 0.717) is 5.95 Å². The van der Waals surface area contributed by atoms with E-state index < -0.39 is 5.97 Å². The highest BCUT2D eigenvalue weighted by Crippen LogP contribution is 2.29. The van der Waals surface area contributed by atoms with Crippen molar-refractivity contribution in [3.8, 4) is 0 Å². The van der Waals surface area contributed by atoms with Crippen LogP contribution in [0.5, 0.6) is 0 Å². The number of aromatic nitrogens is 3. The molecule has 1 aromatic heterocycles. The smallest absolute Gasteiger partial charge is 0.352 e. The average Bonchev–Trinajstić information content (AvgIpc) is 2.89. The van der Waals surface area contributed by atoms with Gasteiger partial charge >= 0.3 is 5.97 Å². The first-order valence-corrected chi connectivity index (χ1v) is 6.25. The van der Waals surface area contributed by atoms with Gasteiger partial charge in [-0.3, -0.25) is 0 Å². The standard InChI is InChI=1S/C14H14N4O2/c1-8-3-4-10(5-9(8)2)12-6-11(13(19)20)17-14-15-7-16-18(12)14/h3-7,12H,1-2H3,(H,19,20)(H,15,16,17)/t12-/m0/s1. The molecule has 20 heavy (non-hydrogen) atoms. The molecule has 0 amide bonds. The molecule has 3 rings (SSSR count). The second kappa shape index (κ2) is 4.48. The van der Waals surface area contributed by atoms with Crippen LogP contribution < -0.4 is 5.32 Å². The van der Waals surface area contributed by atoms with Crippen molar-refractivity contribution in [2.75, 3.05) is 5.32 Å². The molecule has 0 unspecified atom stereocenters. The van der Waals surface area contributed by atoms with E-state index in [1.165, 1.54) is 11.9 Å². The normalized spacial score (nSPS) is 17.1. The predicted octanol–water partition coefficient (Wildman–Crippen LogP) is 1.88. The van der Waals surface area contributed by atoms with Crippen LogP contribution in [0.25, 0.3) is 0 Å². The van der Waals surface area contributed by atoms with Crippen LogP contribution in [0.3, 0.4) is 0 Å². The monoisotopic (exact) mass is 270 g/mol. The van der Waals surface area contributed by atoms with Gasteiger partial charge in [0.2, 0.25) is 5.95 Å². The minimum Gasteiger partial charge on any atom is -0.477 e. The van der Waals surface area contributed by atoms with Gasteiger partial charge in [-0.2, -0.15) is 10.1 Å². The minimum absolute atomic E-state index is 0.119. The summed E-state index contributed by atoms with van der Waals surface area (Å²) in [6.07, 6.45) is 3.06. The first kappa shape index (κ1) is 12.4. The van der Waals surface area contributed by atoms with Crippen molar-refractivity contribution < 1.29 is 9.90 Å². The van der Waals surface area contributed by atoms with Gasteiger partial charge in [0.1, 0.15) is 18.1 Å². The Hall–Kier alpha value is -2.63. The van der Waals surface area contributed by atoms with E-state index in [2.05, 4.69) is 15.4 Å². The van der Waals surface area contributed by atoms with Crippen molar-refractivity contribution >= 4 is 11.9 Å². The maximum Gasteiger partial charge on any atom is 0.352 e. The van der Waals surface area contributed by atoms with E-state index >= 15 is 0 Å². The second-order valence-corrected chi connectivity index (χ2v) is 4.83.